The molecule has 2 amide bonds. The van der Waals surface area contributed by atoms with Crippen molar-refractivity contribution in [1.82, 2.24) is 30.1 Å². The van der Waals surface area contributed by atoms with E-state index in [9.17, 15) is 14.4 Å². The Balaban J connectivity index is 0.848. The molecule has 1 aromatic carbocycles. The number of thiazole rings is 1. The predicted molar refractivity (Wildman–Crippen MR) is 174 cm³/mol. The van der Waals surface area contributed by atoms with Crippen LogP contribution in [0.1, 0.15) is 52.7 Å². The number of nitrogens with zero attached hydrogens (tertiary/aromatic N) is 7. The van der Waals surface area contributed by atoms with Gasteiger partial charge in [-0.25, -0.2) is 15.0 Å². The van der Waals surface area contributed by atoms with Crippen molar-refractivity contribution in [2.45, 2.75) is 50.6 Å². The highest BCUT2D eigenvalue weighted by Crippen LogP contribution is 2.35. The number of imide groups is 1. The van der Waals surface area contributed by atoms with Gasteiger partial charge in [-0.15, -0.1) is 0 Å². The molecule has 6 heterocycles. The molecule has 2 N–H and O–H groups in total. The van der Waals surface area contributed by atoms with Crippen molar-refractivity contribution in [3.8, 4) is 0 Å². The number of carbonyl (C=O) groups is 3. The fourth-order valence-corrected chi connectivity index (χ4v) is 7.87. The van der Waals surface area contributed by atoms with Gasteiger partial charge < -0.3 is 15.1 Å². The number of amides is 2. The molecule has 2 unspecified atom stereocenters. The molecule has 3 aromatic rings. The predicted octanol–water partition coefficient (Wildman–Crippen LogP) is 2.79. The van der Waals surface area contributed by atoms with E-state index in [2.05, 4.69) is 52.3 Å². The number of fused-ring (bicyclic) bond motifs is 2. The summed E-state index contributed by atoms with van der Waals surface area (Å²) in [4.78, 5) is 58.9. The average molecular weight is 630 g/mol. The number of benzene rings is 1. The molecule has 2 bridgehead atoms. The van der Waals surface area contributed by atoms with E-state index in [4.69, 9.17) is 4.98 Å². The van der Waals surface area contributed by atoms with Crippen LogP contribution in [0.4, 0.5) is 22.5 Å². The molecule has 7 rings (SSSR count). The van der Waals surface area contributed by atoms with Crippen molar-refractivity contribution in [1.29, 1.82) is 0 Å². The second-order valence-electron chi connectivity index (χ2n) is 12.4. The Kier molecular flexibility index (Phi) is 8.47. The largest absolute Gasteiger partial charge is 0.369 e. The highest BCUT2D eigenvalue weighted by Gasteiger charge is 2.43. The number of aryl methyl sites for hydroxylation is 1. The molecular weight excluding hydrogens is 590 g/mol. The van der Waals surface area contributed by atoms with Crippen LogP contribution in [-0.4, -0.2) is 107 Å². The van der Waals surface area contributed by atoms with Crippen molar-refractivity contribution in [3.63, 3.8) is 0 Å². The molecule has 4 saturated heterocycles. The molecule has 2 aromatic heterocycles. The van der Waals surface area contributed by atoms with Crippen LogP contribution in [0, 0.1) is 6.92 Å². The van der Waals surface area contributed by atoms with Crippen LogP contribution in [0.3, 0.4) is 0 Å². The Morgan fingerprint density at radius 1 is 1.04 bits per heavy atom. The number of anilines is 4. The van der Waals surface area contributed by atoms with Gasteiger partial charge in [-0.3, -0.25) is 29.5 Å². The first-order chi connectivity index (χ1) is 21.9. The maximum absolute atomic E-state index is 12.2. The first-order valence-electron chi connectivity index (χ1n) is 15.9. The lowest BCUT2D eigenvalue weighted by atomic mass is 9.90. The van der Waals surface area contributed by atoms with Gasteiger partial charge in [0.25, 0.3) is 0 Å². The SMILES string of the molecule is Cc1nc(Nc2ncc(C=O)s2)cc(N2CC3C[C@H]2CN3CCCN2CCN(c3ccc(C4CCC(=O)NC4=O)cc3)CC2)n1. The van der Waals surface area contributed by atoms with Gasteiger partial charge in [0, 0.05) is 69.5 Å². The van der Waals surface area contributed by atoms with Gasteiger partial charge in [0.05, 0.1) is 17.0 Å². The summed E-state index contributed by atoms with van der Waals surface area (Å²) >= 11 is 1.31. The van der Waals surface area contributed by atoms with E-state index >= 15 is 0 Å². The van der Waals surface area contributed by atoms with E-state index in [0.29, 0.717) is 46.6 Å². The van der Waals surface area contributed by atoms with Gasteiger partial charge in [0.15, 0.2) is 11.4 Å². The summed E-state index contributed by atoms with van der Waals surface area (Å²) in [5.74, 6) is 1.78. The molecule has 0 spiro atoms. The number of likely N-dealkylation sites (tertiary alicyclic amines) is 1. The van der Waals surface area contributed by atoms with Gasteiger partial charge in [0.1, 0.15) is 17.5 Å². The smallest absolute Gasteiger partial charge is 0.234 e. The zero-order valence-electron chi connectivity index (χ0n) is 25.5. The maximum atomic E-state index is 12.2. The third kappa shape index (κ3) is 6.56. The van der Waals surface area contributed by atoms with Gasteiger partial charge in [-0.05, 0) is 57.0 Å². The third-order valence-electron chi connectivity index (χ3n) is 9.54. The monoisotopic (exact) mass is 629 g/mol. The Morgan fingerprint density at radius 3 is 2.58 bits per heavy atom. The molecule has 13 heteroatoms. The van der Waals surface area contributed by atoms with Crippen LogP contribution in [0.5, 0.6) is 0 Å². The quantitative estimate of drug-likeness (QED) is 0.254. The number of piperazine rings is 2. The molecule has 0 aliphatic carbocycles. The van der Waals surface area contributed by atoms with Crippen molar-refractivity contribution < 1.29 is 14.4 Å². The number of hydrogen-bond acceptors (Lipinski definition) is 12. The minimum absolute atomic E-state index is 0.174. The maximum Gasteiger partial charge on any atom is 0.234 e. The topological polar surface area (TPSA) is 127 Å². The fourth-order valence-electron chi connectivity index (χ4n) is 7.23. The molecule has 0 saturated carbocycles. The van der Waals surface area contributed by atoms with Crippen LogP contribution < -0.4 is 20.4 Å². The summed E-state index contributed by atoms with van der Waals surface area (Å²) in [5.41, 5.74) is 2.18. The number of carbonyl (C=O) groups excluding carboxylic acids is 3. The van der Waals surface area contributed by atoms with E-state index in [-0.39, 0.29) is 17.7 Å². The Hall–Kier alpha value is -3.94. The molecular formula is C32H39N9O3S. The lowest BCUT2D eigenvalue weighted by Gasteiger charge is -2.37. The molecule has 4 aliphatic heterocycles. The van der Waals surface area contributed by atoms with Crippen molar-refractivity contribution in [3.05, 3.63) is 52.8 Å². The van der Waals surface area contributed by atoms with E-state index in [1.807, 2.05) is 25.1 Å². The second kappa shape index (κ2) is 12.8. The highest BCUT2D eigenvalue weighted by molar-refractivity contribution is 7.17. The highest BCUT2D eigenvalue weighted by atomic mass is 32.1. The molecule has 4 aliphatic rings. The zero-order valence-corrected chi connectivity index (χ0v) is 26.3. The van der Waals surface area contributed by atoms with E-state index < -0.39 is 0 Å². The normalized spacial score (nSPS) is 23.9. The third-order valence-corrected chi connectivity index (χ3v) is 10.4. The Bertz CT molecular complexity index is 1560. The standard InChI is InChI=1S/C32H39N9O3S/c1-21-34-28(36-32-33-17-26(20-42)45-32)16-29(35-21)41-19-24-15-25(41)18-40(24)10-2-9-38-11-13-39(14-12-38)23-5-3-22(4-6-23)27-7-8-30(43)37-31(27)44/h3-6,16-17,20,24-25,27H,2,7-15,18-19H2,1H3,(H,37,43,44)(H,33,34,35,36)/t24?,25-,27?/m0/s1. The van der Waals surface area contributed by atoms with Crippen LogP contribution in [0.15, 0.2) is 36.5 Å². The fraction of sp³-hybridized carbons (Fsp3) is 0.500. The number of aldehydes is 1. The minimum atomic E-state index is -0.233. The Morgan fingerprint density at radius 2 is 1.87 bits per heavy atom. The van der Waals surface area contributed by atoms with Crippen LogP contribution in [0.25, 0.3) is 0 Å². The number of rotatable bonds is 10. The van der Waals surface area contributed by atoms with Gasteiger partial charge in [-0.1, -0.05) is 23.5 Å². The summed E-state index contributed by atoms with van der Waals surface area (Å²) in [5, 5.41) is 6.34. The van der Waals surface area contributed by atoms with Crippen LogP contribution in [0.2, 0.25) is 0 Å². The van der Waals surface area contributed by atoms with Gasteiger partial charge in [-0.2, -0.15) is 0 Å². The van der Waals surface area contributed by atoms with Gasteiger partial charge >= 0.3 is 0 Å². The van der Waals surface area contributed by atoms with Gasteiger partial charge in [0.2, 0.25) is 11.8 Å². The first-order valence-corrected chi connectivity index (χ1v) is 16.7. The summed E-state index contributed by atoms with van der Waals surface area (Å²) in [6.45, 7) is 10.3. The van der Waals surface area contributed by atoms with E-state index in [1.165, 1.54) is 29.9 Å². The summed E-state index contributed by atoms with van der Waals surface area (Å²) in [7, 11) is 0. The first kappa shape index (κ1) is 29.8. The van der Waals surface area contributed by atoms with E-state index in [0.717, 1.165) is 70.0 Å². The van der Waals surface area contributed by atoms with Crippen LogP contribution >= 0.6 is 11.3 Å². The van der Waals surface area contributed by atoms with Crippen molar-refractivity contribution in [2.24, 2.45) is 0 Å². The van der Waals surface area contributed by atoms with Crippen LogP contribution in [-0.2, 0) is 9.59 Å². The minimum Gasteiger partial charge on any atom is -0.369 e. The van der Waals surface area contributed by atoms with E-state index in [1.54, 1.807) is 6.20 Å². The number of aromatic nitrogens is 3. The zero-order chi connectivity index (χ0) is 30.9. The summed E-state index contributed by atoms with van der Waals surface area (Å²) < 4.78 is 0. The number of nitrogens with one attached hydrogen (secondary N) is 2. The number of hydrogen-bond donors (Lipinski definition) is 2. The summed E-state index contributed by atoms with van der Waals surface area (Å²) in [6, 6.07) is 11.3. The lowest BCUT2D eigenvalue weighted by Crippen LogP contribution is -2.49. The molecule has 45 heavy (non-hydrogen) atoms. The molecule has 12 nitrogen and oxygen atoms in total. The van der Waals surface area contributed by atoms with Crippen molar-refractivity contribution in [2.75, 3.05) is 67.5 Å². The van der Waals surface area contributed by atoms with Crippen molar-refractivity contribution >= 4 is 51.9 Å². The molecule has 0 radical (unpaired) electrons. The lowest BCUT2D eigenvalue weighted by molar-refractivity contribution is -0.134. The molecule has 4 fully saturated rings. The Labute approximate surface area is 266 Å². The average Bonchev–Trinajstić information content (AvgIpc) is 3.78. The molecule has 3 atom stereocenters. The summed E-state index contributed by atoms with van der Waals surface area (Å²) in [6.07, 6.45) is 5.70. The second-order valence-corrected chi connectivity index (χ2v) is 13.5. The number of piperidine rings is 1. The molecule has 236 valence electrons.